The molecule has 5 rings (SSSR count). The van der Waals surface area contributed by atoms with Crippen LogP contribution in [0.25, 0.3) is 28.1 Å². The number of carbonyl (C=O) groups excluding carboxylic acids is 1. The van der Waals surface area contributed by atoms with Crippen LogP contribution in [0.3, 0.4) is 0 Å². The Labute approximate surface area is 227 Å². The summed E-state index contributed by atoms with van der Waals surface area (Å²) in [6.45, 7) is 18.3. The summed E-state index contributed by atoms with van der Waals surface area (Å²) >= 11 is 6.10. The normalized spacial score (nSPS) is 15.8. The Balaban J connectivity index is 1.46. The van der Waals surface area contributed by atoms with Crippen molar-refractivity contribution in [1.82, 2.24) is 30.0 Å². The van der Waals surface area contributed by atoms with Crippen molar-refractivity contribution in [3.8, 4) is 11.3 Å². The van der Waals surface area contributed by atoms with Crippen molar-refractivity contribution >= 4 is 34.3 Å². The van der Waals surface area contributed by atoms with Gasteiger partial charge in [0.05, 0.1) is 16.9 Å². The van der Waals surface area contributed by atoms with Crippen molar-refractivity contribution in [1.29, 1.82) is 0 Å². The van der Waals surface area contributed by atoms with Gasteiger partial charge in [0.25, 0.3) is 5.91 Å². The van der Waals surface area contributed by atoms with Crippen LogP contribution in [0.4, 0.5) is 0 Å². The summed E-state index contributed by atoms with van der Waals surface area (Å²) in [7, 11) is 0. The summed E-state index contributed by atoms with van der Waals surface area (Å²) in [6, 6.07) is 11.4. The third kappa shape index (κ3) is 4.80. The number of hydrogen-bond acceptors (Lipinski definition) is 6. The van der Waals surface area contributed by atoms with Crippen LogP contribution >= 0.6 is 11.6 Å². The van der Waals surface area contributed by atoms with Gasteiger partial charge in [0.1, 0.15) is 11.3 Å². The number of furan rings is 1. The number of aromatic amines is 1. The summed E-state index contributed by atoms with van der Waals surface area (Å²) < 4.78 is 6.26. The van der Waals surface area contributed by atoms with Crippen molar-refractivity contribution in [2.45, 2.75) is 52.5 Å². The molecule has 4 heterocycles. The zero-order chi connectivity index (χ0) is 27.4. The lowest BCUT2D eigenvalue weighted by atomic mass is 9.86. The first-order chi connectivity index (χ1) is 17.8. The Morgan fingerprint density at radius 2 is 1.84 bits per heavy atom. The molecule has 1 fully saturated rings. The molecule has 0 unspecified atom stereocenters. The molecule has 1 saturated heterocycles. The second-order valence-electron chi connectivity index (χ2n) is 11.5. The van der Waals surface area contributed by atoms with E-state index in [-0.39, 0.29) is 17.1 Å². The first kappa shape index (κ1) is 26.0. The molecule has 1 N–H and O–H groups in total. The minimum absolute atomic E-state index is 0.153. The molecule has 1 amide bonds. The Bertz CT molecular complexity index is 1530. The predicted octanol–water partition coefficient (Wildman–Crippen LogP) is 6.08. The average molecular weight is 533 g/mol. The number of pyridine rings is 1. The highest BCUT2D eigenvalue weighted by Crippen LogP contribution is 2.36. The smallest absolute Gasteiger partial charge is 0.290 e. The average Bonchev–Trinajstić information content (AvgIpc) is 3.48. The topological polar surface area (TPSA) is 91.2 Å². The minimum atomic E-state index is -0.475. The van der Waals surface area contributed by atoms with E-state index in [1.165, 1.54) is 0 Å². The quantitative estimate of drug-likeness (QED) is 0.342. The Morgan fingerprint density at radius 3 is 2.45 bits per heavy atom. The number of aryl methyl sites for hydroxylation is 1. The molecule has 0 atom stereocenters. The molecule has 0 aliphatic carbocycles. The molecular formula is C29H33ClN6O2. The second-order valence-corrected chi connectivity index (χ2v) is 12.0. The number of nitrogens with zero attached hydrogens (tertiary/aromatic N) is 5. The molecule has 0 saturated carbocycles. The lowest BCUT2D eigenvalue weighted by Crippen LogP contribution is -2.60. The van der Waals surface area contributed by atoms with Gasteiger partial charge in [-0.15, -0.1) is 0 Å². The number of fused-ring (bicyclic) bond motifs is 1. The van der Waals surface area contributed by atoms with Gasteiger partial charge >= 0.3 is 0 Å². The maximum Gasteiger partial charge on any atom is 0.290 e. The molecule has 1 aliphatic heterocycles. The van der Waals surface area contributed by atoms with E-state index in [0.717, 1.165) is 28.3 Å². The molecule has 3 aromatic heterocycles. The predicted molar refractivity (Wildman–Crippen MR) is 150 cm³/mol. The van der Waals surface area contributed by atoms with Gasteiger partial charge in [-0.25, -0.2) is 9.97 Å². The van der Waals surface area contributed by atoms with E-state index < -0.39 is 5.54 Å². The van der Waals surface area contributed by atoms with Gasteiger partial charge in [-0.05, 0) is 44.4 Å². The van der Waals surface area contributed by atoms with Crippen molar-refractivity contribution < 1.29 is 9.21 Å². The number of H-pyrrole nitrogens is 1. The van der Waals surface area contributed by atoms with E-state index in [9.17, 15) is 4.79 Å². The van der Waals surface area contributed by atoms with Crippen LogP contribution in [0.15, 0.2) is 47.4 Å². The monoisotopic (exact) mass is 532 g/mol. The van der Waals surface area contributed by atoms with E-state index in [0.29, 0.717) is 41.6 Å². The highest BCUT2D eigenvalue weighted by Gasteiger charge is 2.39. The molecule has 0 bridgehead atoms. The van der Waals surface area contributed by atoms with E-state index in [2.05, 4.69) is 47.4 Å². The SMILES string of the molecule is C=C(c1n[nH]c(C)n1)N1CCN(C(=O)c2cc3nc(-c4ccc(Cl)cc4)cc(C(C)(C)C)c3o2)C(C)(C)C1. The van der Waals surface area contributed by atoms with Gasteiger partial charge < -0.3 is 14.2 Å². The molecule has 1 aliphatic rings. The molecule has 0 radical (unpaired) electrons. The van der Waals surface area contributed by atoms with Crippen molar-refractivity contribution in [3.63, 3.8) is 0 Å². The number of hydrogen-bond donors (Lipinski definition) is 1. The number of aromatic nitrogens is 4. The zero-order valence-corrected chi connectivity index (χ0v) is 23.5. The highest BCUT2D eigenvalue weighted by atomic mass is 35.5. The van der Waals surface area contributed by atoms with Gasteiger partial charge in [-0.1, -0.05) is 51.1 Å². The molecule has 38 heavy (non-hydrogen) atoms. The maximum atomic E-state index is 13.8. The van der Waals surface area contributed by atoms with Gasteiger partial charge in [0.15, 0.2) is 17.2 Å². The van der Waals surface area contributed by atoms with E-state index >= 15 is 0 Å². The van der Waals surface area contributed by atoms with Gasteiger partial charge in [-0.2, -0.15) is 5.10 Å². The van der Waals surface area contributed by atoms with Crippen LogP contribution < -0.4 is 0 Å². The fourth-order valence-corrected chi connectivity index (χ4v) is 5.09. The van der Waals surface area contributed by atoms with Gasteiger partial charge in [0.2, 0.25) is 0 Å². The number of halogens is 1. The van der Waals surface area contributed by atoms with E-state index in [4.69, 9.17) is 21.0 Å². The van der Waals surface area contributed by atoms with Crippen LogP contribution in [-0.2, 0) is 5.41 Å². The van der Waals surface area contributed by atoms with E-state index in [1.54, 1.807) is 6.07 Å². The number of carbonyl (C=O) groups is 1. The molecule has 4 aromatic rings. The number of benzene rings is 1. The minimum Gasteiger partial charge on any atom is -0.449 e. The summed E-state index contributed by atoms with van der Waals surface area (Å²) in [5, 5.41) is 7.77. The van der Waals surface area contributed by atoms with Crippen LogP contribution in [0.2, 0.25) is 5.02 Å². The molecule has 198 valence electrons. The van der Waals surface area contributed by atoms with Crippen LogP contribution in [-0.4, -0.2) is 61.0 Å². The standard InChI is InChI=1S/C29H33ClN6O2/c1-17(26-31-18(2)33-34-26)35-12-13-36(29(6,7)16-35)27(37)24-15-23-25(38-24)21(28(3,4)5)14-22(32-23)19-8-10-20(30)11-9-19/h8-11,14-15H,1,12-13,16H2,2-7H3,(H,31,33,34). The largest absolute Gasteiger partial charge is 0.449 e. The maximum absolute atomic E-state index is 13.8. The third-order valence-corrected chi connectivity index (χ3v) is 7.27. The Hall–Kier alpha value is -3.65. The van der Waals surface area contributed by atoms with Crippen molar-refractivity contribution in [2.24, 2.45) is 0 Å². The number of amides is 1. The number of piperazine rings is 1. The molecule has 8 nitrogen and oxygen atoms in total. The summed E-state index contributed by atoms with van der Waals surface area (Å²) in [5.41, 5.74) is 4.12. The van der Waals surface area contributed by atoms with Crippen LogP contribution in [0.5, 0.6) is 0 Å². The first-order valence-corrected chi connectivity index (χ1v) is 13.1. The number of nitrogens with one attached hydrogen (secondary N) is 1. The van der Waals surface area contributed by atoms with Gasteiger partial charge in [-0.3, -0.25) is 9.89 Å². The van der Waals surface area contributed by atoms with E-state index in [1.807, 2.05) is 56.0 Å². The van der Waals surface area contributed by atoms with Crippen LogP contribution in [0.1, 0.15) is 62.4 Å². The summed E-state index contributed by atoms with van der Waals surface area (Å²) in [5.74, 6) is 1.45. The Morgan fingerprint density at radius 1 is 1.13 bits per heavy atom. The molecular weight excluding hydrogens is 500 g/mol. The highest BCUT2D eigenvalue weighted by molar-refractivity contribution is 6.30. The number of rotatable bonds is 4. The lowest BCUT2D eigenvalue weighted by molar-refractivity contribution is 0.0287. The van der Waals surface area contributed by atoms with Crippen molar-refractivity contribution in [2.75, 3.05) is 19.6 Å². The third-order valence-electron chi connectivity index (χ3n) is 7.02. The van der Waals surface area contributed by atoms with Crippen molar-refractivity contribution in [3.05, 3.63) is 71.0 Å². The fraction of sp³-hybridized carbons (Fsp3) is 0.379. The zero-order valence-electron chi connectivity index (χ0n) is 22.7. The summed E-state index contributed by atoms with van der Waals surface area (Å²) in [6.07, 6.45) is 0. The van der Waals surface area contributed by atoms with Crippen LogP contribution in [0, 0.1) is 6.92 Å². The fourth-order valence-electron chi connectivity index (χ4n) is 4.96. The Kier molecular flexibility index (Phi) is 6.34. The second kappa shape index (κ2) is 9.27. The van der Waals surface area contributed by atoms with Gasteiger partial charge in [0, 0.05) is 41.9 Å². The molecule has 1 aromatic carbocycles. The first-order valence-electron chi connectivity index (χ1n) is 12.7. The molecule has 9 heteroatoms. The lowest BCUT2D eigenvalue weighted by Gasteiger charge is -2.47. The summed E-state index contributed by atoms with van der Waals surface area (Å²) in [4.78, 5) is 27.1. The molecule has 0 spiro atoms.